The Morgan fingerprint density at radius 3 is 2.83 bits per heavy atom. The number of amides is 1. The number of nitrogens with zero attached hydrogens (tertiary/aromatic N) is 2. The Balaban J connectivity index is 2.12. The number of benzene rings is 1. The van der Waals surface area contributed by atoms with E-state index in [4.69, 9.17) is 11.6 Å². The number of piperidine rings is 1. The van der Waals surface area contributed by atoms with Crippen molar-refractivity contribution in [2.45, 2.75) is 19.8 Å². The summed E-state index contributed by atoms with van der Waals surface area (Å²) in [7, 11) is -3.35. The van der Waals surface area contributed by atoms with Gasteiger partial charge < -0.3 is 5.32 Å². The molecule has 8 nitrogen and oxygen atoms in total. The van der Waals surface area contributed by atoms with Crippen molar-refractivity contribution < 1.29 is 18.1 Å². The van der Waals surface area contributed by atoms with Crippen LogP contribution in [0.2, 0.25) is 5.02 Å². The Hall–Kier alpha value is -1.71. The molecule has 1 aromatic carbocycles. The highest BCUT2D eigenvalue weighted by atomic mass is 35.5. The van der Waals surface area contributed by atoms with Gasteiger partial charge >= 0.3 is 0 Å². The fourth-order valence-corrected chi connectivity index (χ4v) is 3.89. The van der Waals surface area contributed by atoms with E-state index >= 15 is 0 Å². The van der Waals surface area contributed by atoms with Crippen LogP contribution in [0.1, 0.15) is 19.8 Å². The van der Waals surface area contributed by atoms with E-state index in [0.29, 0.717) is 19.4 Å². The van der Waals surface area contributed by atoms with E-state index in [9.17, 15) is 23.3 Å². The van der Waals surface area contributed by atoms with E-state index in [2.05, 4.69) is 5.32 Å². The largest absolute Gasteiger partial charge is 0.324 e. The number of sulfonamides is 1. The fourth-order valence-electron chi connectivity index (χ4n) is 2.55. The summed E-state index contributed by atoms with van der Waals surface area (Å²) in [6.45, 7) is 2.06. The minimum absolute atomic E-state index is 0.0158. The molecular formula is C14H18ClN3O5S. The van der Waals surface area contributed by atoms with Crippen LogP contribution in [0.3, 0.4) is 0 Å². The number of nitro groups is 1. The SMILES string of the molecule is CCS(=O)(=O)N1CCCC(C(=O)Nc2cc([N+](=O)[O-])ccc2Cl)C1. The van der Waals surface area contributed by atoms with Gasteiger partial charge in [0, 0.05) is 25.2 Å². The van der Waals surface area contributed by atoms with Gasteiger partial charge in [-0.25, -0.2) is 12.7 Å². The summed E-state index contributed by atoms with van der Waals surface area (Å²) in [5, 5.41) is 13.6. The highest BCUT2D eigenvalue weighted by Crippen LogP contribution is 2.28. The second-order valence-electron chi connectivity index (χ2n) is 5.51. The molecule has 0 bridgehead atoms. The van der Waals surface area contributed by atoms with Crippen molar-refractivity contribution in [1.82, 2.24) is 4.31 Å². The molecule has 1 amide bonds. The number of rotatable bonds is 5. The lowest BCUT2D eigenvalue weighted by atomic mass is 9.98. The smallest absolute Gasteiger partial charge is 0.271 e. The summed E-state index contributed by atoms with van der Waals surface area (Å²) in [5.74, 6) is -0.929. The molecule has 1 aliphatic rings. The third-order valence-electron chi connectivity index (χ3n) is 3.93. The number of non-ortho nitro benzene ring substituents is 1. The number of hydrogen-bond donors (Lipinski definition) is 1. The first-order valence-corrected chi connectivity index (χ1v) is 9.46. The van der Waals surface area contributed by atoms with Gasteiger partial charge in [-0.15, -0.1) is 0 Å². The minimum atomic E-state index is -3.35. The van der Waals surface area contributed by atoms with Crippen LogP contribution in [0.5, 0.6) is 0 Å². The molecule has 132 valence electrons. The average molecular weight is 376 g/mol. The molecule has 1 aliphatic heterocycles. The second-order valence-corrected chi connectivity index (χ2v) is 8.17. The Morgan fingerprint density at radius 1 is 1.50 bits per heavy atom. The molecule has 1 unspecified atom stereocenters. The van der Waals surface area contributed by atoms with Gasteiger partial charge in [0.25, 0.3) is 5.69 Å². The Kier molecular flexibility index (Phi) is 5.79. The molecule has 10 heteroatoms. The molecule has 0 spiro atoms. The van der Waals surface area contributed by atoms with E-state index in [1.54, 1.807) is 6.92 Å². The van der Waals surface area contributed by atoms with Crippen LogP contribution in [-0.2, 0) is 14.8 Å². The standard InChI is InChI=1S/C14H18ClN3O5S/c1-2-24(22,23)17-7-3-4-10(9-17)14(19)16-13-8-11(18(20)21)5-6-12(13)15/h5-6,8,10H,2-4,7,9H2,1H3,(H,16,19). The van der Waals surface area contributed by atoms with E-state index in [1.807, 2.05) is 0 Å². The number of hydrogen-bond acceptors (Lipinski definition) is 5. The third kappa shape index (κ3) is 4.22. The monoisotopic (exact) mass is 375 g/mol. The van der Waals surface area contributed by atoms with E-state index in [1.165, 1.54) is 22.5 Å². The predicted molar refractivity (Wildman–Crippen MR) is 90.5 cm³/mol. The molecule has 1 aromatic rings. The van der Waals surface area contributed by atoms with Gasteiger partial charge in [0.2, 0.25) is 15.9 Å². The molecule has 0 aliphatic carbocycles. The summed E-state index contributed by atoms with van der Waals surface area (Å²) in [6, 6.07) is 3.77. The molecular weight excluding hydrogens is 358 g/mol. The van der Waals surface area contributed by atoms with Crippen molar-refractivity contribution in [1.29, 1.82) is 0 Å². The molecule has 24 heavy (non-hydrogen) atoms. The summed E-state index contributed by atoms with van der Waals surface area (Å²) < 4.78 is 25.2. The van der Waals surface area contributed by atoms with E-state index in [-0.39, 0.29) is 28.7 Å². The van der Waals surface area contributed by atoms with Crippen LogP contribution in [0.25, 0.3) is 0 Å². The first kappa shape index (κ1) is 18.6. The zero-order valence-electron chi connectivity index (χ0n) is 13.1. The first-order valence-electron chi connectivity index (χ1n) is 7.47. The van der Waals surface area contributed by atoms with Crippen LogP contribution in [0.4, 0.5) is 11.4 Å². The average Bonchev–Trinajstić information content (AvgIpc) is 2.56. The number of carbonyl (C=O) groups excluding carboxylic acids is 1. The summed E-state index contributed by atoms with van der Waals surface area (Å²) in [5.41, 5.74) is -0.0418. The van der Waals surface area contributed by atoms with Crippen LogP contribution >= 0.6 is 11.6 Å². The first-order chi connectivity index (χ1) is 11.2. The van der Waals surface area contributed by atoms with Gasteiger partial charge in [0.15, 0.2) is 0 Å². The molecule has 1 saturated heterocycles. The van der Waals surface area contributed by atoms with Crippen molar-refractivity contribution >= 4 is 38.9 Å². The number of halogens is 1. The van der Waals surface area contributed by atoms with Crippen molar-refractivity contribution in [3.05, 3.63) is 33.3 Å². The van der Waals surface area contributed by atoms with Crippen LogP contribution in [0.15, 0.2) is 18.2 Å². The maximum Gasteiger partial charge on any atom is 0.271 e. The van der Waals surface area contributed by atoms with Gasteiger partial charge in [0.05, 0.1) is 27.3 Å². The lowest BCUT2D eigenvalue weighted by Crippen LogP contribution is -2.44. The van der Waals surface area contributed by atoms with Crippen LogP contribution in [0, 0.1) is 16.0 Å². The van der Waals surface area contributed by atoms with Crippen LogP contribution in [-0.4, -0.2) is 42.4 Å². The molecule has 2 rings (SSSR count). The Bertz CT molecular complexity index is 753. The second kappa shape index (κ2) is 7.45. The topological polar surface area (TPSA) is 110 Å². The van der Waals surface area contributed by atoms with E-state index < -0.39 is 26.8 Å². The zero-order chi connectivity index (χ0) is 17.9. The molecule has 1 heterocycles. The lowest BCUT2D eigenvalue weighted by Gasteiger charge is -2.30. The number of nitro benzene ring substituents is 1. The van der Waals surface area contributed by atoms with Gasteiger partial charge in [-0.1, -0.05) is 11.6 Å². The fraction of sp³-hybridized carbons (Fsp3) is 0.500. The van der Waals surface area contributed by atoms with Crippen molar-refractivity contribution in [3.8, 4) is 0 Å². The predicted octanol–water partition coefficient (Wildman–Crippen LogP) is 2.25. The summed E-state index contributed by atoms with van der Waals surface area (Å²) in [6.07, 6.45) is 1.13. The number of anilines is 1. The van der Waals surface area contributed by atoms with E-state index in [0.717, 1.165) is 0 Å². The quantitative estimate of drug-likeness (QED) is 0.627. The summed E-state index contributed by atoms with van der Waals surface area (Å²) in [4.78, 5) is 22.6. The van der Waals surface area contributed by atoms with Crippen molar-refractivity contribution in [2.75, 3.05) is 24.2 Å². The molecule has 1 fully saturated rings. The maximum absolute atomic E-state index is 12.4. The van der Waals surface area contributed by atoms with Gasteiger partial charge in [-0.3, -0.25) is 14.9 Å². The molecule has 1 atom stereocenters. The van der Waals surface area contributed by atoms with Crippen molar-refractivity contribution in [2.24, 2.45) is 5.92 Å². The highest BCUT2D eigenvalue weighted by molar-refractivity contribution is 7.89. The Labute approximate surface area is 145 Å². The number of carbonyl (C=O) groups is 1. The molecule has 0 aromatic heterocycles. The van der Waals surface area contributed by atoms with Gasteiger partial charge in [-0.2, -0.15) is 0 Å². The van der Waals surface area contributed by atoms with Gasteiger partial charge in [-0.05, 0) is 25.8 Å². The summed E-state index contributed by atoms with van der Waals surface area (Å²) >= 11 is 5.96. The van der Waals surface area contributed by atoms with Crippen molar-refractivity contribution in [3.63, 3.8) is 0 Å². The minimum Gasteiger partial charge on any atom is -0.324 e. The molecule has 1 N–H and O–H groups in total. The normalized spacial score (nSPS) is 19.0. The van der Waals surface area contributed by atoms with Crippen LogP contribution < -0.4 is 5.32 Å². The highest BCUT2D eigenvalue weighted by Gasteiger charge is 2.31. The Morgan fingerprint density at radius 2 is 2.21 bits per heavy atom. The molecule has 0 radical (unpaired) electrons. The van der Waals surface area contributed by atoms with Gasteiger partial charge in [0.1, 0.15) is 0 Å². The zero-order valence-corrected chi connectivity index (χ0v) is 14.6. The third-order valence-corrected chi connectivity index (χ3v) is 6.11. The number of nitrogens with one attached hydrogen (secondary N) is 1. The lowest BCUT2D eigenvalue weighted by molar-refractivity contribution is -0.384. The maximum atomic E-state index is 12.4. The molecule has 0 saturated carbocycles.